The molecule has 0 spiro atoms. The minimum atomic E-state index is -0.0917. The van der Waals surface area contributed by atoms with Crippen LogP contribution in [0.5, 0.6) is 0 Å². The molecule has 0 atom stereocenters. The van der Waals surface area contributed by atoms with Gasteiger partial charge in [-0.25, -0.2) is 9.97 Å². The maximum atomic E-state index is 7.48. The predicted octanol–water partition coefficient (Wildman–Crippen LogP) is 0.792. The summed E-state index contributed by atoms with van der Waals surface area (Å²) in [7, 11) is 1.87. The highest BCUT2D eigenvalue weighted by atomic mass is 15.2. The molecule has 0 amide bonds. The Morgan fingerprint density at radius 1 is 1.22 bits per heavy atom. The first kappa shape index (κ1) is 12.0. The summed E-state index contributed by atoms with van der Waals surface area (Å²) in [5.74, 6) is 0.488. The van der Waals surface area contributed by atoms with Gasteiger partial charge in [0.2, 0.25) is 0 Å². The number of nitrogens with one attached hydrogen (secondary N) is 1. The molecule has 0 aromatic carbocycles. The van der Waals surface area contributed by atoms with Gasteiger partial charge in [0.05, 0.1) is 12.2 Å². The molecule has 2 rings (SSSR count). The summed E-state index contributed by atoms with van der Waals surface area (Å²) in [5.41, 5.74) is 6.79. The summed E-state index contributed by atoms with van der Waals surface area (Å²) in [4.78, 5) is 14.4. The predicted molar refractivity (Wildman–Crippen MR) is 69.4 cm³/mol. The summed E-state index contributed by atoms with van der Waals surface area (Å²) in [6, 6.07) is 5.73. The quantitative estimate of drug-likeness (QED) is 0.611. The van der Waals surface area contributed by atoms with Crippen molar-refractivity contribution in [2.75, 3.05) is 11.9 Å². The van der Waals surface area contributed by atoms with Crippen molar-refractivity contribution in [3.63, 3.8) is 0 Å². The van der Waals surface area contributed by atoms with E-state index in [0.29, 0.717) is 18.1 Å². The highest BCUT2D eigenvalue weighted by molar-refractivity contribution is 5.97. The first-order chi connectivity index (χ1) is 8.68. The Kier molecular flexibility index (Phi) is 3.47. The average Bonchev–Trinajstić information content (AvgIpc) is 2.40. The fraction of sp³-hybridized carbons (Fsp3) is 0.167. The van der Waals surface area contributed by atoms with Gasteiger partial charge in [0.1, 0.15) is 11.5 Å². The van der Waals surface area contributed by atoms with Gasteiger partial charge in [0.25, 0.3) is 0 Å². The van der Waals surface area contributed by atoms with Crippen LogP contribution in [-0.2, 0) is 6.54 Å². The number of aromatic nitrogens is 3. The Labute approximate surface area is 105 Å². The van der Waals surface area contributed by atoms with E-state index < -0.39 is 0 Å². The lowest BCUT2D eigenvalue weighted by Gasteiger charge is -2.19. The highest BCUT2D eigenvalue weighted by Gasteiger charge is 2.12. The second-order valence-corrected chi connectivity index (χ2v) is 3.82. The fourth-order valence-electron chi connectivity index (χ4n) is 1.61. The van der Waals surface area contributed by atoms with E-state index in [9.17, 15) is 0 Å². The van der Waals surface area contributed by atoms with E-state index >= 15 is 0 Å². The molecule has 18 heavy (non-hydrogen) atoms. The van der Waals surface area contributed by atoms with Crippen molar-refractivity contribution in [1.82, 2.24) is 15.0 Å². The second kappa shape index (κ2) is 5.22. The first-order valence-corrected chi connectivity index (χ1v) is 5.45. The number of nitrogen functional groups attached to an aromatic ring is 1. The van der Waals surface area contributed by atoms with E-state index in [-0.39, 0.29) is 5.84 Å². The Morgan fingerprint density at radius 3 is 2.67 bits per heavy atom. The zero-order valence-electron chi connectivity index (χ0n) is 10.0. The topological polar surface area (TPSA) is 91.8 Å². The molecule has 0 bridgehead atoms. The van der Waals surface area contributed by atoms with Crippen LogP contribution in [0.15, 0.2) is 36.8 Å². The van der Waals surface area contributed by atoms with E-state index in [0.717, 1.165) is 5.69 Å². The van der Waals surface area contributed by atoms with Crippen molar-refractivity contribution >= 4 is 11.7 Å². The van der Waals surface area contributed by atoms with Gasteiger partial charge >= 0.3 is 0 Å². The molecule has 0 saturated heterocycles. The minimum absolute atomic E-state index is 0.0917. The van der Waals surface area contributed by atoms with Gasteiger partial charge in [0, 0.05) is 25.6 Å². The Balaban J connectivity index is 2.24. The Morgan fingerprint density at radius 2 is 2.00 bits per heavy atom. The molecule has 0 radical (unpaired) electrons. The molecule has 0 aliphatic heterocycles. The number of hydrogen-bond donors (Lipinski definition) is 2. The molecule has 0 aliphatic carbocycles. The van der Waals surface area contributed by atoms with Crippen LogP contribution >= 0.6 is 0 Å². The van der Waals surface area contributed by atoms with Crippen LogP contribution in [-0.4, -0.2) is 27.8 Å². The van der Waals surface area contributed by atoms with Crippen LogP contribution in [0.1, 0.15) is 11.4 Å². The van der Waals surface area contributed by atoms with Crippen molar-refractivity contribution in [1.29, 1.82) is 5.41 Å². The molecule has 0 aliphatic rings. The van der Waals surface area contributed by atoms with Gasteiger partial charge in [-0.3, -0.25) is 10.4 Å². The summed E-state index contributed by atoms with van der Waals surface area (Å²) < 4.78 is 0. The molecule has 2 aromatic heterocycles. The van der Waals surface area contributed by atoms with E-state index in [4.69, 9.17) is 11.1 Å². The van der Waals surface area contributed by atoms with Crippen LogP contribution < -0.4 is 10.6 Å². The lowest BCUT2D eigenvalue weighted by molar-refractivity contribution is 0.857. The number of hydrogen-bond acceptors (Lipinski definition) is 5. The van der Waals surface area contributed by atoms with E-state index in [2.05, 4.69) is 15.0 Å². The standard InChI is InChI=1S/C12H14N6/c1-18(8-9-4-2-3-5-15-9)12-10(11(13)14)16-6-7-17-12/h2-7H,8H2,1H3,(H3,13,14). The number of rotatable bonds is 4. The van der Waals surface area contributed by atoms with Crippen LogP contribution in [0.25, 0.3) is 0 Å². The van der Waals surface area contributed by atoms with Crippen LogP contribution in [0, 0.1) is 5.41 Å². The average molecular weight is 242 g/mol. The summed E-state index contributed by atoms with van der Waals surface area (Å²) in [6.45, 7) is 0.583. The van der Waals surface area contributed by atoms with Gasteiger partial charge in [-0.05, 0) is 12.1 Å². The minimum Gasteiger partial charge on any atom is -0.382 e. The van der Waals surface area contributed by atoms with Gasteiger partial charge in [-0.15, -0.1) is 0 Å². The van der Waals surface area contributed by atoms with Gasteiger partial charge < -0.3 is 10.6 Å². The molecule has 3 N–H and O–H groups in total. The van der Waals surface area contributed by atoms with Gasteiger partial charge in [-0.2, -0.15) is 0 Å². The van der Waals surface area contributed by atoms with E-state index in [1.165, 1.54) is 6.20 Å². The van der Waals surface area contributed by atoms with Crippen LogP contribution in [0.3, 0.4) is 0 Å². The van der Waals surface area contributed by atoms with Crippen molar-refractivity contribution in [2.45, 2.75) is 6.54 Å². The van der Waals surface area contributed by atoms with Crippen molar-refractivity contribution in [3.05, 3.63) is 48.2 Å². The van der Waals surface area contributed by atoms with Crippen LogP contribution in [0.2, 0.25) is 0 Å². The number of pyridine rings is 1. The molecule has 92 valence electrons. The van der Waals surface area contributed by atoms with E-state index in [1.807, 2.05) is 30.1 Å². The largest absolute Gasteiger partial charge is 0.382 e. The molecular formula is C12H14N6. The summed E-state index contributed by atoms with van der Waals surface area (Å²) >= 11 is 0. The molecular weight excluding hydrogens is 228 g/mol. The maximum Gasteiger partial charge on any atom is 0.158 e. The molecule has 2 aromatic rings. The third-order valence-corrected chi connectivity index (χ3v) is 2.42. The van der Waals surface area contributed by atoms with Crippen LogP contribution in [0.4, 0.5) is 5.82 Å². The van der Waals surface area contributed by atoms with Gasteiger partial charge in [0.15, 0.2) is 5.82 Å². The maximum absolute atomic E-state index is 7.48. The Bertz CT molecular complexity index is 539. The molecule has 6 nitrogen and oxygen atoms in total. The smallest absolute Gasteiger partial charge is 0.158 e. The lowest BCUT2D eigenvalue weighted by Crippen LogP contribution is -2.24. The first-order valence-electron chi connectivity index (χ1n) is 5.45. The van der Waals surface area contributed by atoms with E-state index in [1.54, 1.807) is 12.4 Å². The number of nitrogens with two attached hydrogens (primary N) is 1. The molecule has 2 heterocycles. The molecule has 0 saturated carbocycles. The molecule has 0 fully saturated rings. The van der Waals surface area contributed by atoms with Crippen molar-refractivity contribution in [2.24, 2.45) is 5.73 Å². The summed E-state index contributed by atoms with van der Waals surface area (Å²) in [5, 5.41) is 7.48. The molecule has 6 heteroatoms. The van der Waals surface area contributed by atoms with Gasteiger partial charge in [-0.1, -0.05) is 6.07 Å². The SMILES string of the molecule is CN(Cc1ccccn1)c1nccnc1C(=N)N. The zero-order valence-corrected chi connectivity index (χ0v) is 10.0. The molecule has 0 unspecified atom stereocenters. The fourth-order valence-corrected chi connectivity index (χ4v) is 1.61. The number of amidine groups is 1. The highest BCUT2D eigenvalue weighted by Crippen LogP contribution is 2.14. The monoisotopic (exact) mass is 242 g/mol. The zero-order chi connectivity index (χ0) is 13.0. The third-order valence-electron chi connectivity index (χ3n) is 2.42. The third kappa shape index (κ3) is 2.60. The number of anilines is 1. The van der Waals surface area contributed by atoms with Crippen molar-refractivity contribution < 1.29 is 0 Å². The lowest BCUT2D eigenvalue weighted by atomic mass is 10.3. The van der Waals surface area contributed by atoms with Crippen molar-refractivity contribution in [3.8, 4) is 0 Å². The number of nitrogens with zero attached hydrogens (tertiary/aromatic N) is 4. The second-order valence-electron chi connectivity index (χ2n) is 3.82. The normalized spacial score (nSPS) is 10.1. The summed E-state index contributed by atoms with van der Waals surface area (Å²) in [6.07, 6.45) is 4.84. The Hall–Kier alpha value is -2.50.